The number of urea groups is 1. The van der Waals surface area contributed by atoms with Crippen molar-refractivity contribution in [3.63, 3.8) is 0 Å². The van der Waals surface area contributed by atoms with Gasteiger partial charge in [0.05, 0.1) is 13.2 Å². The number of anilines is 1. The molecule has 2 fully saturated rings. The third-order valence-corrected chi connectivity index (χ3v) is 7.93. The fourth-order valence-corrected chi connectivity index (χ4v) is 6.00. The van der Waals surface area contributed by atoms with Crippen LogP contribution in [0.25, 0.3) is 0 Å². The second kappa shape index (κ2) is 9.66. The summed E-state index contributed by atoms with van der Waals surface area (Å²) in [5.41, 5.74) is 2.59. The molecule has 5 rings (SSSR count). The van der Waals surface area contributed by atoms with Crippen molar-refractivity contribution < 1.29 is 28.7 Å². The molecule has 0 bridgehead atoms. The zero-order valence-corrected chi connectivity index (χ0v) is 22.0. The summed E-state index contributed by atoms with van der Waals surface area (Å²) in [6.45, 7) is 3.60. The van der Waals surface area contributed by atoms with Crippen molar-refractivity contribution in [2.45, 2.75) is 57.2 Å². The molecule has 1 aliphatic carbocycles. The molecule has 3 atom stereocenters. The minimum atomic E-state index is -1.44. The topological polar surface area (TPSA) is 117 Å². The van der Waals surface area contributed by atoms with Crippen LogP contribution in [0.15, 0.2) is 36.4 Å². The highest BCUT2D eigenvalue weighted by Crippen LogP contribution is 2.46. The normalized spacial score (nSPS) is 24.0. The van der Waals surface area contributed by atoms with E-state index in [-0.39, 0.29) is 37.0 Å². The summed E-state index contributed by atoms with van der Waals surface area (Å²) in [6, 6.07) is 10.4. The highest BCUT2D eigenvalue weighted by Gasteiger charge is 2.58. The number of likely N-dealkylation sites (tertiary alicyclic amines) is 1. The number of hydrogen-bond donors (Lipinski definition) is 2. The molecule has 200 valence electrons. The third kappa shape index (κ3) is 4.13. The Morgan fingerprint density at radius 3 is 2.66 bits per heavy atom. The first-order chi connectivity index (χ1) is 18.2. The van der Waals surface area contributed by atoms with Crippen LogP contribution in [-0.4, -0.2) is 60.5 Å². The van der Waals surface area contributed by atoms with Crippen LogP contribution < -0.4 is 15.4 Å². The fourth-order valence-electron chi connectivity index (χ4n) is 6.00. The lowest BCUT2D eigenvalue weighted by molar-refractivity contribution is -0.143. The van der Waals surface area contributed by atoms with E-state index in [2.05, 4.69) is 10.6 Å². The van der Waals surface area contributed by atoms with E-state index in [4.69, 9.17) is 9.47 Å². The van der Waals surface area contributed by atoms with Gasteiger partial charge in [0.25, 0.3) is 5.91 Å². The second-order valence-electron chi connectivity index (χ2n) is 10.1. The van der Waals surface area contributed by atoms with Gasteiger partial charge >= 0.3 is 12.1 Å². The summed E-state index contributed by atoms with van der Waals surface area (Å²) in [6.07, 6.45) is 1.59. The largest absolute Gasteiger partial charge is 0.497 e. The SMILES string of the molecule is CNC(=O)Nc1ccc2c(c1)CCC21OC(=O)N(CC(=O)N2[C@@H](C)CC[C@H]2c2ccc(OC)cc2C)C1=O. The number of nitrogens with zero attached hydrogens (tertiary/aromatic N) is 2. The summed E-state index contributed by atoms with van der Waals surface area (Å²) in [5.74, 6) is -0.0641. The van der Waals surface area contributed by atoms with Gasteiger partial charge in [-0.25, -0.2) is 14.5 Å². The molecular weight excluding hydrogens is 488 g/mol. The van der Waals surface area contributed by atoms with Gasteiger partial charge in [0.2, 0.25) is 11.5 Å². The van der Waals surface area contributed by atoms with Crippen molar-refractivity contribution >= 4 is 29.6 Å². The Balaban J connectivity index is 1.36. The summed E-state index contributed by atoms with van der Waals surface area (Å²) < 4.78 is 11.0. The molecule has 10 nitrogen and oxygen atoms in total. The van der Waals surface area contributed by atoms with Gasteiger partial charge < -0.3 is 25.0 Å². The van der Waals surface area contributed by atoms with E-state index >= 15 is 0 Å². The average Bonchev–Trinajstić information content (AvgIpc) is 3.53. The van der Waals surface area contributed by atoms with Gasteiger partial charge in [0, 0.05) is 30.8 Å². The van der Waals surface area contributed by atoms with E-state index in [1.165, 1.54) is 7.05 Å². The van der Waals surface area contributed by atoms with E-state index in [1.54, 1.807) is 30.2 Å². The van der Waals surface area contributed by atoms with Crippen molar-refractivity contribution in [2.24, 2.45) is 0 Å². The molecule has 0 radical (unpaired) electrons. The monoisotopic (exact) mass is 520 g/mol. The zero-order chi connectivity index (χ0) is 27.2. The number of fused-ring (bicyclic) bond motifs is 2. The van der Waals surface area contributed by atoms with Gasteiger partial charge in [0.15, 0.2) is 0 Å². The molecule has 2 N–H and O–H groups in total. The highest BCUT2D eigenvalue weighted by molar-refractivity contribution is 6.06. The molecule has 2 aromatic carbocycles. The van der Waals surface area contributed by atoms with Crippen LogP contribution >= 0.6 is 0 Å². The van der Waals surface area contributed by atoms with Gasteiger partial charge in [-0.05, 0) is 74.1 Å². The molecule has 38 heavy (non-hydrogen) atoms. The number of benzene rings is 2. The molecule has 2 aromatic rings. The van der Waals surface area contributed by atoms with Gasteiger partial charge in [-0.1, -0.05) is 12.1 Å². The van der Waals surface area contributed by atoms with E-state index in [9.17, 15) is 19.2 Å². The summed E-state index contributed by atoms with van der Waals surface area (Å²) in [5, 5.41) is 5.20. The molecule has 2 heterocycles. The van der Waals surface area contributed by atoms with Crippen molar-refractivity contribution in [3.8, 4) is 5.75 Å². The standard InChI is InChI=1S/C28H32N4O6/c1-16-13-20(37-4)7-8-21(16)23-10-5-17(2)32(23)24(33)15-31-25(34)28(38-27(31)36)12-11-18-14-19(6-9-22(18)28)30-26(35)29-3/h6-9,13-14,17,23H,5,10-12,15H2,1-4H3,(H2,29,30,35)/t17-,23-,28?/m0/s1. The molecule has 5 amide bonds. The molecule has 3 aliphatic rings. The maximum Gasteiger partial charge on any atom is 0.418 e. The lowest BCUT2D eigenvalue weighted by Gasteiger charge is -2.31. The lowest BCUT2D eigenvalue weighted by Crippen LogP contribution is -2.46. The smallest absolute Gasteiger partial charge is 0.418 e. The lowest BCUT2D eigenvalue weighted by atomic mass is 9.94. The number of nitrogens with one attached hydrogen (secondary N) is 2. The maximum absolute atomic E-state index is 13.6. The van der Waals surface area contributed by atoms with Crippen LogP contribution in [0.4, 0.5) is 15.3 Å². The first kappa shape index (κ1) is 25.6. The Morgan fingerprint density at radius 1 is 1.16 bits per heavy atom. The van der Waals surface area contributed by atoms with Crippen LogP contribution in [0.3, 0.4) is 0 Å². The Labute approximate surface area is 221 Å². The molecule has 10 heteroatoms. The summed E-state index contributed by atoms with van der Waals surface area (Å²) >= 11 is 0. The van der Waals surface area contributed by atoms with Crippen LogP contribution in [0.1, 0.15) is 54.5 Å². The Hall–Kier alpha value is -4.08. The van der Waals surface area contributed by atoms with E-state index in [0.29, 0.717) is 17.7 Å². The van der Waals surface area contributed by atoms with Crippen molar-refractivity contribution in [2.75, 3.05) is 26.0 Å². The van der Waals surface area contributed by atoms with Crippen molar-refractivity contribution in [1.29, 1.82) is 0 Å². The minimum absolute atomic E-state index is 0.0323. The fraction of sp³-hybridized carbons (Fsp3) is 0.429. The van der Waals surface area contributed by atoms with Crippen LogP contribution in [-0.2, 0) is 26.3 Å². The first-order valence-corrected chi connectivity index (χ1v) is 12.8. The highest BCUT2D eigenvalue weighted by atomic mass is 16.6. The number of methoxy groups -OCH3 is 1. The van der Waals surface area contributed by atoms with Gasteiger partial charge in [-0.3, -0.25) is 9.59 Å². The Kier molecular flexibility index (Phi) is 6.50. The second-order valence-corrected chi connectivity index (χ2v) is 10.1. The van der Waals surface area contributed by atoms with Crippen LogP contribution in [0, 0.1) is 6.92 Å². The molecule has 1 spiro atoms. The van der Waals surface area contributed by atoms with Crippen molar-refractivity contribution in [1.82, 2.24) is 15.1 Å². The number of aryl methyl sites for hydroxylation is 2. The van der Waals surface area contributed by atoms with Crippen molar-refractivity contribution in [3.05, 3.63) is 58.7 Å². The first-order valence-electron chi connectivity index (χ1n) is 12.8. The molecule has 0 aromatic heterocycles. The Morgan fingerprint density at radius 2 is 1.95 bits per heavy atom. The van der Waals surface area contributed by atoms with Gasteiger partial charge in [-0.15, -0.1) is 0 Å². The number of amides is 5. The van der Waals surface area contributed by atoms with Gasteiger partial charge in [-0.2, -0.15) is 0 Å². The molecular formula is C28H32N4O6. The Bertz CT molecular complexity index is 1330. The molecule has 1 unspecified atom stereocenters. The van der Waals surface area contributed by atoms with E-state index < -0.39 is 17.6 Å². The number of carbonyl (C=O) groups excluding carboxylic acids is 4. The van der Waals surface area contributed by atoms with Crippen LogP contribution in [0.2, 0.25) is 0 Å². The van der Waals surface area contributed by atoms with Gasteiger partial charge in [0.1, 0.15) is 12.3 Å². The predicted octanol–water partition coefficient (Wildman–Crippen LogP) is 3.63. The predicted molar refractivity (Wildman–Crippen MR) is 139 cm³/mol. The molecule has 2 aliphatic heterocycles. The maximum atomic E-state index is 13.6. The number of carbonyl (C=O) groups is 4. The summed E-state index contributed by atoms with van der Waals surface area (Å²) in [7, 11) is 3.14. The number of rotatable bonds is 5. The molecule has 2 saturated heterocycles. The average molecular weight is 521 g/mol. The third-order valence-electron chi connectivity index (χ3n) is 7.93. The number of ether oxygens (including phenoxy) is 2. The van der Waals surface area contributed by atoms with E-state index in [0.717, 1.165) is 40.2 Å². The number of hydrogen-bond acceptors (Lipinski definition) is 6. The minimum Gasteiger partial charge on any atom is -0.497 e. The zero-order valence-electron chi connectivity index (χ0n) is 22.0. The summed E-state index contributed by atoms with van der Waals surface area (Å²) in [4.78, 5) is 54.6. The molecule has 0 saturated carbocycles. The number of imide groups is 1. The quantitative estimate of drug-likeness (QED) is 0.622. The van der Waals surface area contributed by atoms with E-state index in [1.807, 2.05) is 32.0 Å². The van der Waals surface area contributed by atoms with Crippen LogP contribution in [0.5, 0.6) is 5.75 Å².